The summed E-state index contributed by atoms with van der Waals surface area (Å²) in [6, 6.07) is -0.795. The van der Waals surface area contributed by atoms with E-state index >= 15 is 0 Å². The van der Waals surface area contributed by atoms with Crippen LogP contribution >= 0.6 is 0 Å². The summed E-state index contributed by atoms with van der Waals surface area (Å²) in [6.45, 7) is 4.07. The van der Waals surface area contributed by atoms with Crippen LogP contribution in [0.2, 0.25) is 0 Å². The molecule has 0 aliphatic heterocycles. The van der Waals surface area contributed by atoms with Crippen molar-refractivity contribution in [2.24, 2.45) is 0 Å². The van der Waals surface area contributed by atoms with Crippen molar-refractivity contribution in [3.63, 3.8) is 0 Å². The monoisotopic (exact) mass is 495 g/mol. The van der Waals surface area contributed by atoms with E-state index in [2.05, 4.69) is 31.3 Å². The minimum atomic E-state index is -1.10. The third-order valence-electron chi connectivity index (χ3n) is 6.54. The second-order valence-corrected chi connectivity index (χ2v) is 9.95. The van der Waals surface area contributed by atoms with Gasteiger partial charge in [0.05, 0.1) is 18.8 Å². The van der Waals surface area contributed by atoms with E-state index in [-0.39, 0.29) is 6.61 Å². The fourth-order valence-electron chi connectivity index (χ4n) is 4.10. The normalized spacial score (nSPS) is 14.5. The molecule has 0 heterocycles. The van der Waals surface area contributed by atoms with Gasteiger partial charge < -0.3 is 20.6 Å². The Morgan fingerprint density at radius 3 is 1.74 bits per heavy atom. The van der Waals surface area contributed by atoms with Crippen LogP contribution in [-0.4, -0.2) is 46.1 Å². The van der Waals surface area contributed by atoms with Gasteiger partial charge in [-0.2, -0.15) is 0 Å². The summed E-state index contributed by atoms with van der Waals surface area (Å²) < 4.78 is 0. The van der Waals surface area contributed by atoms with Crippen molar-refractivity contribution < 1.29 is 20.1 Å². The average molecular weight is 496 g/mol. The second kappa shape index (κ2) is 25.9. The minimum Gasteiger partial charge on any atom is -0.394 e. The number of rotatable bonds is 25. The first-order valence-electron chi connectivity index (χ1n) is 14.7. The maximum atomic E-state index is 12.3. The van der Waals surface area contributed by atoms with Gasteiger partial charge in [0.15, 0.2) is 0 Å². The molecule has 3 atom stereocenters. The van der Waals surface area contributed by atoms with Crippen molar-refractivity contribution in [1.82, 2.24) is 5.32 Å². The Morgan fingerprint density at radius 2 is 1.17 bits per heavy atom. The Hall–Kier alpha value is -1.17. The van der Waals surface area contributed by atoms with Gasteiger partial charge in [0, 0.05) is 0 Å². The van der Waals surface area contributed by atoms with Crippen LogP contribution in [-0.2, 0) is 4.79 Å². The van der Waals surface area contributed by atoms with Crippen molar-refractivity contribution in [3.05, 3.63) is 24.3 Å². The third-order valence-corrected chi connectivity index (χ3v) is 6.54. The lowest BCUT2D eigenvalue weighted by molar-refractivity contribution is -0.131. The van der Waals surface area contributed by atoms with Crippen LogP contribution in [0.15, 0.2) is 24.3 Å². The fraction of sp³-hybridized carbons (Fsp3) is 0.833. The molecule has 3 unspecified atom stereocenters. The molecule has 206 valence electrons. The Kier molecular flexibility index (Phi) is 25.0. The molecular formula is C30H57NO4. The van der Waals surface area contributed by atoms with Gasteiger partial charge in [-0.15, -0.1) is 0 Å². The predicted octanol–water partition coefficient (Wildman–Crippen LogP) is 6.75. The number of amides is 1. The number of aliphatic hydroxyl groups is 3. The van der Waals surface area contributed by atoms with Gasteiger partial charge in [-0.05, 0) is 38.5 Å². The first-order valence-corrected chi connectivity index (χ1v) is 14.7. The van der Waals surface area contributed by atoms with Crippen LogP contribution < -0.4 is 5.32 Å². The number of aliphatic hydroxyl groups excluding tert-OH is 3. The SMILES string of the molecule is CCCC/C=C\CCCCCCC(O)C(=O)NC(CO)C(O)/C=C/CCCCCCCCCCC. The highest BCUT2D eigenvalue weighted by atomic mass is 16.3. The number of hydrogen-bond acceptors (Lipinski definition) is 4. The van der Waals surface area contributed by atoms with Gasteiger partial charge in [-0.25, -0.2) is 0 Å². The molecule has 1 amide bonds. The Labute approximate surface area is 216 Å². The van der Waals surface area contributed by atoms with E-state index < -0.39 is 24.2 Å². The molecule has 0 fully saturated rings. The summed E-state index contributed by atoms with van der Waals surface area (Å²) in [4.78, 5) is 12.3. The van der Waals surface area contributed by atoms with Crippen LogP contribution in [0.25, 0.3) is 0 Å². The Balaban J connectivity index is 3.89. The fourth-order valence-corrected chi connectivity index (χ4v) is 4.10. The molecule has 4 N–H and O–H groups in total. The summed E-state index contributed by atoms with van der Waals surface area (Å²) in [6.07, 6.45) is 27.6. The topological polar surface area (TPSA) is 89.8 Å². The number of hydrogen-bond donors (Lipinski definition) is 4. The quantitative estimate of drug-likeness (QED) is 0.0833. The van der Waals surface area contributed by atoms with Crippen LogP contribution in [0.3, 0.4) is 0 Å². The summed E-state index contributed by atoms with van der Waals surface area (Å²) >= 11 is 0. The van der Waals surface area contributed by atoms with Crippen LogP contribution in [0.5, 0.6) is 0 Å². The first-order chi connectivity index (χ1) is 17.1. The lowest BCUT2D eigenvalue weighted by Crippen LogP contribution is -2.48. The molecule has 35 heavy (non-hydrogen) atoms. The molecule has 0 aliphatic carbocycles. The molecule has 0 saturated heterocycles. The van der Waals surface area contributed by atoms with Gasteiger partial charge in [0.25, 0.3) is 0 Å². The zero-order chi connectivity index (χ0) is 26.0. The summed E-state index contributed by atoms with van der Waals surface area (Å²) in [5, 5.41) is 32.6. The molecule has 0 bridgehead atoms. The van der Waals surface area contributed by atoms with Crippen molar-refractivity contribution in [1.29, 1.82) is 0 Å². The van der Waals surface area contributed by atoms with E-state index in [1.54, 1.807) is 6.08 Å². The van der Waals surface area contributed by atoms with E-state index in [1.165, 1.54) is 64.2 Å². The van der Waals surface area contributed by atoms with Crippen molar-refractivity contribution in [2.45, 2.75) is 154 Å². The predicted molar refractivity (Wildman–Crippen MR) is 148 cm³/mol. The molecule has 0 aromatic rings. The number of allylic oxidation sites excluding steroid dienone is 3. The smallest absolute Gasteiger partial charge is 0.249 e. The summed E-state index contributed by atoms with van der Waals surface area (Å²) in [7, 11) is 0. The van der Waals surface area contributed by atoms with Gasteiger partial charge >= 0.3 is 0 Å². The van der Waals surface area contributed by atoms with Gasteiger partial charge in [0.2, 0.25) is 5.91 Å². The van der Waals surface area contributed by atoms with E-state index in [4.69, 9.17) is 0 Å². The van der Waals surface area contributed by atoms with Crippen molar-refractivity contribution in [2.75, 3.05) is 6.61 Å². The molecule has 0 saturated carbocycles. The number of nitrogens with one attached hydrogen (secondary N) is 1. The standard InChI is InChI=1S/C30H57NO4/c1-3-5-7-9-11-13-15-17-18-20-22-24-28(33)27(26-32)31-30(35)29(34)25-23-21-19-16-14-12-10-8-6-4-2/h10,12,22,24,27-29,32-34H,3-9,11,13-21,23,25-26H2,1-2H3,(H,31,35)/b12-10-,24-22+. The highest BCUT2D eigenvalue weighted by Crippen LogP contribution is 2.12. The molecule has 0 radical (unpaired) electrons. The van der Waals surface area contributed by atoms with E-state index in [0.29, 0.717) is 6.42 Å². The van der Waals surface area contributed by atoms with Crippen LogP contribution in [0.4, 0.5) is 0 Å². The molecule has 5 heteroatoms. The lowest BCUT2D eigenvalue weighted by atomic mass is 10.1. The summed E-state index contributed by atoms with van der Waals surface area (Å²) in [5.74, 6) is -0.519. The Bertz CT molecular complexity index is 520. The maximum Gasteiger partial charge on any atom is 0.249 e. The zero-order valence-corrected chi connectivity index (χ0v) is 22.9. The van der Waals surface area contributed by atoms with Gasteiger partial charge in [-0.1, -0.05) is 122 Å². The largest absolute Gasteiger partial charge is 0.394 e. The first kappa shape index (κ1) is 33.8. The number of unbranched alkanes of at least 4 members (excludes halogenated alkanes) is 15. The zero-order valence-electron chi connectivity index (χ0n) is 22.9. The van der Waals surface area contributed by atoms with E-state index in [9.17, 15) is 20.1 Å². The van der Waals surface area contributed by atoms with E-state index in [1.807, 2.05) is 6.08 Å². The lowest BCUT2D eigenvalue weighted by Gasteiger charge is -2.21. The van der Waals surface area contributed by atoms with Crippen LogP contribution in [0.1, 0.15) is 136 Å². The minimum absolute atomic E-state index is 0.367. The maximum absolute atomic E-state index is 12.3. The second-order valence-electron chi connectivity index (χ2n) is 9.95. The molecule has 0 aliphatic rings. The molecule has 0 aromatic carbocycles. The molecule has 0 aromatic heterocycles. The molecule has 5 nitrogen and oxygen atoms in total. The number of carbonyl (C=O) groups excluding carboxylic acids is 1. The third kappa shape index (κ3) is 21.8. The van der Waals surface area contributed by atoms with Crippen molar-refractivity contribution in [3.8, 4) is 0 Å². The Morgan fingerprint density at radius 1 is 0.686 bits per heavy atom. The van der Waals surface area contributed by atoms with E-state index in [0.717, 1.165) is 51.4 Å². The molecule has 0 spiro atoms. The molecule has 0 rings (SSSR count). The van der Waals surface area contributed by atoms with Crippen molar-refractivity contribution >= 4 is 5.91 Å². The average Bonchev–Trinajstić information content (AvgIpc) is 2.86. The highest BCUT2D eigenvalue weighted by molar-refractivity contribution is 5.80. The van der Waals surface area contributed by atoms with Gasteiger partial charge in [0.1, 0.15) is 6.10 Å². The summed E-state index contributed by atoms with van der Waals surface area (Å²) in [5.41, 5.74) is 0. The van der Waals surface area contributed by atoms with Gasteiger partial charge in [-0.3, -0.25) is 4.79 Å². The number of carbonyl (C=O) groups is 1. The highest BCUT2D eigenvalue weighted by Gasteiger charge is 2.22. The van der Waals surface area contributed by atoms with Crippen LogP contribution in [0, 0.1) is 0 Å². The molecular weight excluding hydrogens is 438 g/mol.